The van der Waals surface area contributed by atoms with Crippen LogP contribution in [-0.2, 0) is 14.4 Å². The molecule has 0 saturated carbocycles. The second-order valence-electron chi connectivity index (χ2n) is 9.23. The summed E-state index contributed by atoms with van der Waals surface area (Å²) in [6, 6.07) is 3.89. The van der Waals surface area contributed by atoms with Gasteiger partial charge in [-0.15, -0.1) is 0 Å². The molecule has 0 fully saturated rings. The summed E-state index contributed by atoms with van der Waals surface area (Å²) < 4.78 is 0. The normalized spacial score (nSPS) is 10.4. The number of carboxylic acid groups (broad SMARTS) is 1. The first kappa shape index (κ1) is 41.2. The van der Waals surface area contributed by atoms with Gasteiger partial charge in [-0.25, -0.2) is 0 Å². The number of nitrogens with one attached hydrogen (secondary N) is 2. The van der Waals surface area contributed by atoms with Crippen molar-refractivity contribution in [3.63, 3.8) is 0 Å². The first-order chi connectivity index (χ1) is 18.9. The van der Waals surface area contributed by atoms with Crippen molar-refractivity contribution in [2.24, 2.45) is 11.8 Å². The second kappa shape index (κ2) is 25.9. The molecule has 0 aliphatic rings. The molecule has 11 nitrogen and oxygen atoms in total. The number of rotatable bonds is 14. The van der Waals surface area contributed by atoms with Crippen molar-refractivity contribution in [2.75, 3.05) is 39.2 Å². The molecule has 1 aromatic rings. The van der Waals surface area contributed by atoms with Crippen LogP contribution in [0.5, 0.6) is 0 Å². The highest BCUT2D eigenvalue weighted by molar-refractivity contribution is 6.07. The molecule has 1 aromatic carbocycles. The predicted octanol–water partition coefficient (Wildman–Crippen LogP) is 3.24. The number of likely N-dealkylation sites (N-methyl/N-ethyl adjacent to an activating group) is 2. The Kier molecular flexibility index (Phi) is 26.7. The van der Waals surface area contributed by atoms with Crippen molar-refractivity contribution in [1.29, 1.82) is 0 Å². The van der Waals surface area contributed by atoms with Gasteiger partial charge in [-0.2, -0.15) is 0 Å². The number of benzene rings is 1. The summed E-state index contributed by atoms with van der Waals surface area (Å²) in [6.45, 7) is 12.3. The Labute approximate surface area is 239 Å². The van der Waals surface area contributed by atoms with Gasteiger partial charge in [0.15, 0.2) is 6.29 Å². The van der Waals surface area contributed by atoms with Gasteiger partial charge in [-0.05, 0) is 30.7 Å². The summed E-state index contributed by atoms with van der Waals surface area (Å²) in [4.78, 5) is 58.0. The Morgan fingerprint density at radius 3 is 1.93 bits per heavy atom. The molecule has 1 unspecified atom stereocenters. The van der Waals surface area contributed by atoms with Gasteiger partial charge in [-0.3, -0.25) is 19.2 Å². The molecule has 0 aromatic heterocycles. The fraction of sp³-hybridized carbons (Fsp3) is 0.621. The lowest BCUT2D eigenvalue weighted by Gasteiger charge is -2.27. The summed E-state index contributed by atoms with van der Waals surface area (Å²) in [5.74, 6) is -0.712. The number of hydrogen-bond acceptors (Lipinski definition) is 8. The van der Waals surface area contributed by atoms with E-state index in [9.17, 15) is 24.0 Å². The fourth-order valence-corrected chi connectivity index (χ4v) is 3.06. The first-order valence-electron chi connectivity index (χ1n) is 13.6. The summed E-state index contributed by atoms with van der Waals surface area (Å²) in [5, 5.41) is 30.6. The van der Waals surface area contributed by atoms with E-state index in [0.717, 1.165) is 6.42 Å². The SMILES string of the molecule is CC.CC(C)CC(=O)O.CC(C)CCO.CNC(=O)C(CCC=O)N(C)C(=O)c1c(C=O)cccc1NCCO. The van der Waals surface area contributed by atoms with E-state index in [1.54, 1.807) is 12.1 Å². The van der Waals surface area contributed by atoms with Crippen LogP contribution >= 0.6 is 0 Å². The standard InChI is InChI=1S/C17H23N3O5.C5H10O2.C5H12O.C2H6/c1-18-16(24)14(7-4-9-21)20(2)17(25)15-12(11-23)5-3-6-13(15)19-8-10-22;1-4(2)3-5(6)7;1-5(2)3-4-6;1-2/h3,5-6,9,11,14,19,22H,4,7-8,10H2,1-2H3,(H,18,24);4H,3H2,1-2H3,(H,6,7);5-6H,3-4H2,1-2H3;1-2H3. The van der Waals surface area contributed by atoms with Crippen LogP contribution in [0.25, 0.3) is 0 Å². The Bertz CT molecular complexity index is 860. The largest absolute Gasteiger partial charge is 0.481 e. The van der Waals surface area contributed by atoms with Crippen molar-refractivity contribution in [2.45, 2.75) is 73.3 Å². The number of carboxylic acids is 1. The third-order valence-corrected chi connectivity index (χ3v) is 5.05. The zero-order valence-corrected chi connectivity index (χ0v) is 25.4. The molecule has 5 N–H and O–H groups in total. The number of hydrogen-bond donors (Lipinski definition) is 5. The lowest BCUT2D eigenvalue weighted by atomic mass is 10.0. The summed E-state index contributed by atoms with van der Waals surface area (Å²) in [5.41, 5.74) is 0.681. The number of carbonyl (C=O) groups excluding carboxylic acids is 4. The van der Waals surface area contributed by atoms with Gasteiger partial charge in [0.2, 0.25) is 5.91 Å². The number of aliphatic hydroxyl groups excluding tert-OH is 2. The van der Waals surface area contributed by atoms with E-state index >= 15 is 0 Å². The van der Waals surface area contributed by atoms with Gasteiger partial charge in [0.05, 0.1) is 12.2 Å². The van der Waals surface area contributed by atoms with Crippen molar-refractivity contribution in [1.82, 2.24) is 10.2 Å². The number of aldehydes is 2. The minimum absolute atomic E-state index is 0.119. The van der Waals surface area contributed by atoms with Crippen LogP contribution in [0.1, 0.15) is 87.9 Å². The maximum atomic E-state index is 12.9. The van der Waals surface area contributed by atoms with Crippen LogP contribution < -0.4 is 10.6 Å². The van der Waals surface area contributed by atoms with Crippen LogP contribution in [0, 0.1) is 11.8 Å². The number of aliphatic hydroxyl groups is 2. The lowest BCUT2D eigenvalue weighted by molar-refractivity contribution is -0.137. The number of anilines is 1. The molecule has 0 aliphatic heterocycles. The van der Waals surface area contributed by atoms with Gasteiger partial charge < -0.3 is 35.6 Å². The first-order valence-corrected chi connectivity index (χ1v) is 13.6. The highest BCUT2D eigenvalue weighted by atomic mass is 16.4. The molecule has 1 rings (SSSR count). The number of aliphatic carboxylic acids is 1. The van der Waals surface area contributed by atoms with E-state index in [1.807, 2.05) is 27.7 Å². The minimum Gasteiger partial charge on any atom is -0.481 e. The van der Waals surface area contributed by atoms with E-state index < -0.39 is 23.8 Å². The third kappa shape index (κ3) is 18.9. The van der Waals surface area contributed by atoms with E-state index in [1.165, 1.54) is 25.1 Å². The highest BCUT2D eigenvalue weighted by Crippen LogP contribution is 2.22. The molecule has 0 spiro atoms. The molecule has 1 atom stereocenters. The third-order valence-electron chi connectivity index (χ3n) is 5.05. The molecule has 230 valence electrons. The highest BCUT2D eigenvalue weighted by Gasteiger charge is 2.29. The maximum absolute atomic E-state index is 12.9. The minimum atomic E-state index is -0.840. The molecule has 11 heteroatoms. The molecule has 40 heavy (non-hydrogen) atoms. The van der Waals surface area contributed by atoms with Crippen LogP contribution in [-0.4, -0.2) is 90.5 Å². The average Bonchev–Trinajstić information content (AvgIpc) is 2.92. The summed E-state index contributed by atoms with van der Waals surface area (Å²) in [7, 11) is 2.90. The van der Waals surface area contributed by atoms with Crippen LogP contribution in [0.15, 0.2) is 18.2 Å². The van der Waals surface area contributed by atoms with E-state index in [2.05, 4.69) is 24.5 Å². The number of nitrogens with zero attached hydrogens (tertiary/aromatic N) is 1. The Balaban J connectivity index is -0.000000748. The van der Waals surface area contributed by atoms with E-state index in [0.29, 0.717) is 30.8 Å². The lowest BCUT2D eigenvalue weighted by Crippen LogP contribution is -2.47. The van der Waals surface area contributed by atoms with Crippen LogP contribution in [0.2, 0.25) is 0 Å². The molecule has 2 amide bonds. The summed E-state index contributed by atoms with van der Waals surface area (Å²) >= 11 is 0. The second-order valence-corrected chi connectivity index (χ2v) is 9.23. The fourth-order valence-electron chi connectivity index (χ4n) is 3.06. The Morgan fingerprint density at radius 2 is 1.57 bits per heavy atom. The average molecular weight is 570 g/mol. The van der Waals surface area contributed by atoms with Crippen LogP contribution in [0.3, 0.4) is 0 Å². The van der Waals surface area contributed by atoms with Gasteiger partial charge in [-0.1, -0.05) is 53.7 Å². The van der Waals surface area contributed by atoms with E-state index in [-0.39, 0.29) is 49.5 Å². The molecular weight excluding hydrogens is 518 g/mol. The van der Waals surface area contributed by atoms with E-state index in [4.69, 9.17) is 15.3 Å². The maximum Gasteiger partial charge on any atom is 0.303 e. The quantitative estimate of drug-likeness (QED) is 0.211. The Hall–Kier alpha value is -3.31. The van der Waals surface area contributed by atoms with Crippen molar-refractivity contribution in [3.05, 3.63) is 29.3 Å². The van der Waals surface area contributed by atoms with Crippen molar-refractivity contribution < 1.29 is 39.3 Å². The molecule has 0 aliphatic carbocycles. The smallest absolute Gasteiger partial charge is 0.303 e. The molecule has 0 bridgehead atoms. The number of carbonyl (C=O) groups is 5. The van der Waals surface area contributed by atoms with Crippen molar-refractivity contribution in [3.8, 4) is 0 Å². The molecular formula is C29H51N3O8. The summed E-state index contributed by atoms with van der Waals surface area (Å²) in [6.07, 6.45) is 2.75. The molecule has 0 saturated heterocycles. The monoisotopic (exact) mass is 569 g/mol. The zero-order valence-electron chi connectivity index (χ0n) is 25.4. The van der Waals surface area contributed by atoms with Crippen LogP contribution in [0.4, 0.5) is 5.69 Å². The molecule has 0 radical (unpaired) electrons. The van der Waals surface area contributed by atoms with Crippen molar-refractivity contribution >= 4 is 36.0 Å². The topological polar surface area (TPSA) is 173 Å². The van der Waals surface area contributed by atoms with Gasteiger partial charge in [0, 0.05) is 51.3 Å². The zero-order chi connectivity index (χ0) is 31.7. The van der Waals surface area contributed by atoms with Gasteiger partial charge in [0.25, 0.3) is 5.91 Å². The molecule has 0 heterocycles. The predicted molar refractivity (Wildman–Crippen MR) is 158 cm³/mol. The number of amides is 2. The Morgan fingerprint density at radius 1 is 0.975 bits per heavy atom. The van der Waals surface area contributed by atoms with Gasteiger partial charge in [0.1, 0.15) is 12.3 Å². The van der Waals surface area contributed by atoms with Gasteiger partial charge >= 0.3 is 5.97 Å².